The molecule has 7 heteroatoms. The van der Waals surface area contributed by atoms with E-state index < -0.39 is 17.4 Å². The largest absolute Gasteiger partial charge is 0.505 e. The second-order valence-electron chi connectivity index (χ2n) is 5.65. The Hall–Kier alpha value is -2.41. The molecule has 24 heavy (non-hydrogen) atoms. The summed E-state index contributed by atoms with van der Waals surface area (Å²) in [7, 11) is 1.29. The Labute approximate surface area is 147 Å². The second kappa shape index (κ2) is 6.24. The first-order chi connectivity index (χ1) is 11.4. The first-order valence-electron chi connectivity index (χ1n) is 7.28. The number of hydrogen-bond acceptors (Lipinski definition) is 5. The summed E-state index contributed by atoms with van der Waals surface area (Å²) in [6.45, 7) is 0. The summed E-state index contributed by atoms with van der Waals surface area (Å²) in [6, 6.07) is 10.5. The SMILES string of the molecule is COC(=O)C1(NC(=O)c2nc(Br)ccc2O)Cc2ccccc2C1. The summed E-state index contributed by atoms with van der Waals surface area (Å²) in [4.78, 5) is 29.0. The highest BCUT2D eigenvalue weighted by Gasteiger charge is 2.46. The van der Waals surface area contributed by atoms with Crippen molar-refractivity contribution >= 4 is 27.8 Å². The van der Waals surface area contributed by atoms with Gasteiger partial charge in [0.2, 0.25) is 0 Å². The molecule has 0 bridgehead atoms. The number of nitrogens with one attached hydrogen (secondary N) is 1. The molecule has 124 valence electrons. The fourth-order valence-electron chi connectivity index (χ4n) is 2.97. The van der Waals surface area contributed by atoms with Crippen molar-refractivity contribution in [3.8, 4) is 5.75 Å². The zero-order valence-electron chi connectivity index (χ0n) is 12.9. The Morgan fingerprint density at radius 3 is 2.42 bits per heavy atom. The minimum absolute atomic E-state index is 0.149. The van der Waals surface area contributed by atoms with Gasteiger partial charge in [0.1, 0.15) is 15.9 Å². The lowest BCUT2D eigenvalue weighted by molar-refractivity contribution is -0.147. The number of carbonyl (C=O) groups excluding carboxylic acids is 2. The molecular formula is C17H15BrN2O4. The number of fused-ring (bicyclic) bond motifs is 1. The third kappa shape index (κ3) is 2.87. The molecule has 0 unspecified atom stereocenters. The standard InChI is InChI=1S/C17H15BrN2O4/c1-24-16(23)17(8-10-4-2-3-5-11(10)9-17)20-15(22)14-12(21)6-7-13(18)19-14/h2-7,21H,8-9H2,1H3,(H,20,22). The summed E-state index contributed by atoms with van der Waals surface area (Å²) in [5.41, 5.74) is 0.610. The molecule has 1 heterocycles. The van der Waals surface area contributed by atoms with Gasteiger partial charge in [-0.05, 0) is 39.2 Å². The van der Waals surface area contributed by atoms with Crippen molar-refractivity contribution < 1.29 is 19.4 Å². The lowest BCUT2D eigenvalue weighted by Crippen LogP contribution is -2.56. The molecule has 1 aromatic heterocycles. The second-order valence-corrected chi connectivity index (χ2v) is 6.46. The molecule has 0 saturated carbocycles. The number of carbonyl (C=O) groups is 2. The van der Waals surface area contributed by atoms with Crippen LogP contribution in [0.2, 0.25) is 0 Å². The van der Waals surface area contributed by atoms with Crippen molar-refractivity contribution in [3.05, 3.63) is 57.8 Å². The molecule has 6 nitrogen and oxygen atoms in total. The number of amides is 1. The average molecular weight is 391 g/mol. The number of benzene rings is 1. The molecule has 0 spiro atoms. The Balaban J connectivity index is 1.93. The molecule has 2 aromatic rings. The molecule has 0 radical (unpaired) electrons. The van der Waals surface area contributed by atoms with Crippen LogP contribution in [0.4, 0.5) is 0 Å². The summed E-state index contributed by atoms with van der Waals surface area (Å²) in [5.74, 6) is -1.42. The summed E-state index contributed by atoms with van der Waals surface area (Å²) < 4.78 is 5.32. The zero-order valence-corrected chi connectivity index (χ0v) is 14.5. The van der Waals surface area contributed by atoms with Crippen molar-refractivity contribution in [3.63, 3.8) is 0 Å². The van der Waals surface area contributed by atoms with Crippen LogP contribution in [0.3, 0.4) is 0 Å². The lowest BCUT2D eigenvalue weighted by Gasteiger charge is -2.27. The van der Waals surface area contributed by atoms with Gasteiger partial charge in [0.15, 0.2) is 5.69 Å². The highest BCUT2D eigenvalue weighted by atomic mass is 79.9. The number of nitrogens with zero attached hydrogens (tertiary/aromatic N) is 1. The van der Waals surface area contributed by atoms with Crippen molar-refractivity contribution in [2.45, 2.75) is 18.4 Å². The normalized spacial score (nSPS) is 14.8. The molecular weight excluding hydrogens is 376 g/mol. The van der Waals surface area contributed by atoms with Gasteiger partial charge in [-0.2, -0.15) is 0 Å². The van der Waals surface area contributed by atoms with E-state index in [9.17, 15) is 14.7 Å². The van der Waals surface area contributed by atoms with E-state index in [2.05, 4.69) is 26.2 Å². The van der Waals surface area contributed by atoms with Crippen molar-refractivity contribution in [2.24, 2.45) is 0 Å². The number of rotatable bonds is 3. The maximum Gasteiger partial charge on any atom is 0.332 e. The van der Waals surface area contributed by atoms with Gasteiger partial charge in [0.05, 0.1) is 7.11 Å². The Morgan fingerprint density at radius 1 is 1.21 bits per heavy atom. The molecule has 1 aliphatic carbocycles. The fraction of sp³-hybridized carbons (Fsp3) is 0.235. The quantitative estimate of drug-likeness (QED) is 0.617. The Kier molecular flexibility index (Phi) is 4.28. The van der Waals surface area contributed by atoms with E-state index in [0.29, 0.717) is 17.4 Å². The van der Waals surface area contributed by atoms with Crippen LogP contribution in [-0.2, 0) is 22.4 Å². The average Bonchev–Trinajstić information content (AvgIpc) is 2.95. The third-order valence-electron chi connectivity index (χ3n) is 4.09. The number of methoxy groups -OCH3 is 1. The fourth-order valence-corrected chi connectivity index (χ4v) is 3.28. The summed E-state index contributed by atoms with van der Waals surface area (Å²) >= 11 is 3.16. The van der Waals surface area contributed by atoms with E-state index in [1.165, 1.54) is 19.2 Å². The monoisotopic (exact) mass is 390 g/mol. The maximum absolute atomic E-state index is 12.6. The highest BCUT2D eigenvalue weighted by Crippen LogP contribution is 2.32. The number of halogens is 1. The van der Waals surface area contributed by atoms with Crippen LogP contribution in [0.15, 0.2) is 41.0 Å². The van der Waals surface area contributed by atoms with E-state index >= 15 is 0 Å². The maximum atomic E-state index is 12.6. The van der Waals surface area contributed by atoms with Crippen molar-refractivity contribution in [1.29, 1.82) is 0 Å². The lowest BCUT2D eigenvalue weighted by atomic mass is 9.95. The van der Waals surface area contributed by atoms with Crippen molar-refractivity contribution in [1.82, 2.24) is 10.3 Å². The first-order valence-corrected chi connectivity index (χ1v) is 8.08. The van der Waals surface area contributed by atoms with E-state index in [0.717, 1.165) is 11.1 Å². The number of aromatic nitrogens is 1. The Morgan fingerprint density at radius 2 is 1.83 bits per heavy atom. The molecule has 1 aromatic carbocycles. The van der Waals surface area contributed by atoms with Gasteiger partial charge in [-0.3, -0.25) is 4.79 Å². The molecule has 1 amide bonds. The molecule has 0 saturated heterocycles. The molecule has 0 fully saturated rings. The minimum atomic E-state index is -1.20. The van der Waals surface area contributed by atoms with Crippen LogP contribution in [0, 0.1) is 0 Å². The van der Waals surface area contributed by atoms with Gasteiger partial charge >= 0.3 is 5.97 Å². The van der Waals surface area contributed by atoms with Crippen LogP contribution >= 0.6 is 15.9 Å². The number of esters is 1. The predicted octanol–water partition coefficient (Wildman–Crippen LogP) is 1.99. The van der Waals surface area contributed by atoms with E-state index in [1.807, 2.05) is 24.3 Å². The molecule has 0 aliphatic heterocycles. The number of ether oxygens (including phenoxy) is 1. The molecule has 3 rings (SSSR count). The van der Waals surface area contributed by atoms with Crippen LogP contribution in [-0.4, -0.2) is 34.6 Å². The van der Waals surface area contributed by atoms with Crippen LogP contribution < -0.4 is 5.32 Å². The van der Waals surface area contributed by atoms with Crippen LogP contribution in [0.25, 0.3) is 0 Å². The number of hydrogen-bond donors (Lipinski definition) is 2. The molecule has 0 atom stereocenters. The third-order valence-corrected chi connectivity index (χ3v) is 4.53. The predicted molar refractivity (Wildman–Crippen MR) is 89.7 cm³/mol. The van der Waals surface area contributed by atoms with Gasteiger partial charge in [-0.1, -0.05) is 24.3 Å². The highest BCUT2D eigenvalue weighted by molar-refractivity contribution is 9.10. The van der Waals surface area contributed by atoms with Crippen LogP contribution in [0.5, 0.6) is 5.75 Å². The van der Waals surface area contributed by atoms with Crippen molar-refractivity contribution in [2.75, 3.05) is 7.11 Å². The first kappa shape index (κ1) is 16.4. The Bertz CT molecular complexity index is 797. The van der Waals surface area contributed by atoms with E-state index in [4.69, 9.17) is 4.74 Å². The summed E-state index contributed by atoms with van der Waals surface area (Å²) in [6.07, 6.45) is 0.659. The molecule has 1 aliphatic rings. The number of aromatic hydroxyl groups is 1. The van der Waals surface area contributed by atoms with Gasteiger partial charge in [0, 0.05) is 12.8 Å². The zero-order chi connectivity index (χ0) is 17.3. The van der Waals surface area contributed by atoms with Gasteiger partial charge in [-0.25, -0.2) is 9.78 Å². The summed E-state index contributed by atoms with van der Waals surface area (Å²) in [5, 5.41) is 12.6. The molecule has 2 N–H and O–H groups in total. The van der Waals surface area contributed by atoms with Gasteiger partial charge in [0.25, 0.3) is 5.91 Å². The number of pyridine rings is 1. The minimum Gasteiger partial charge on any atom is -0.505 e. The topological polar surface area (TPSA) is 88.5 Å². The van der Waals surface area contributed by atoms with Gasteiger partial charge in [-0.15, -0.1) is 0 Å². The van der Waals surface area contributed by atoms with Crippen LogP contribution in [0.1, 0.15) is 21.6 Å². The van der Waals surface area contributed by atoms with E-state index in [1.54, 1.807) is 0 Å². The van der Waals surface area contributed by atoms with Gasteiger partial charge < -0.3 is 15.2 Å². The van der Waals surface area contributed by atoms with E-state index in [-0.39, 0.29) is 11.4 Å². The smallest absolute Gasteiger partial charge is 0.332 e.